The van der Waals surface area contributed by atoms with Crippen LogP contribution in [0.25, 0.3) is 0 Å². The molecular formula is C19H25N2O3+. The van der Waals surface area contributed by atoms with Crippen LogP contribution >= 0.6 is 0 Å². The first-order chi connectivity index (χ1) is 11.8. The van der Waals surface area contributed by atoms with E-state index in [0.717, 1.165) is 49.9 Å². The van der Waals surface area contributed by atoms with Gasteiger partial charge in [-0.3, -0.25) is 0 Å². The van der Waals surface area contributed by atoms with Crippen LogP contribution in [0.3, 0.4) is 0 Å². The lowest BCUT2D eigenvalue weighted by Gasteiger charge is -2.33. The van der Waals surface area contributed by atoms with Gasteiger partial charge >= 0.3 is 0 Å². The highest BCUT2D eigenvalue weighted by Crippen LogP contribution is 2.25. The number of nitrogens with zero attached hydrogens (tertiary/aromatic N) is 1. The topological polar surface area (TPSA) is 46.4 Å². The second-order valence-electron chi connectivity index (χ2n) is 6.00. The first-order valence-corrected chi connectivity index (χ1v) is 8.39. The standard InChI is InChI=1S/C19H24N2O3/c1-23-16-6-8-17(9-7-16)24-15-14-20-10-12-21(13-11-20)18-4-2-3-5-19(18)22/h2-9,22H,10-15H2,1H3/p+1. The molecule has 2 N–H and O–H groups in total. The van der Waals surface area contributed by atoms with Crippen LogP contribution in [0.1, 0.15) is 0 Å². The van der Waals surface area contributed by atoms with Crippen molar-refractivity contribution < 1.29 is 19.5 Å². The molecule has 5 heteroatoms. The molecule has 0 aliphatic carbocycles. The molecule has 1 fully saturated rings. The molecule has 1 saturated heterocycles. The van der Waals surface area contributed by atoms with Gasteiger partial charge in [0.25, 0.3) is 0 Å². The molecule has 0 aromatic heterocycles. The maximum atomic E-state index is 9.96. The molecule has 5 nitrogen and oxygen atoms in total. The third-order valence-corrected chi connectivity index (χ3v) is 4.48. The minimum absolute atomic E-state index is 0.365. The van der Waals surface area contributed by atoms with Crippen LogP contribution < -0.4 is 19.3 Å². The Labute approximate surface area is 143 Å². The van der Waals surface area contributed by atoms with Crippen LogP contribution in [-0.2, 0) is 0 Å². The van der Waals surface area contributed by atoms with E-state index in [1.807, 2.05) is 42.5 Å². The van der Waals surface area contributed by atoms with Gasteiger partial charge in [-0.15, -0.1) is 0 Å². The van der Waals surface area contributed by atoms with Crippen molar-refractivity contribution in [2.24, 2.45) is 0 Å². The molecule has 0 amide bonds. The van der Waals surface area contributed by atoms with Crippen LogP contribution in [0.2, 0.25) is 0 Å². The van der Waals surface area contributed by atoms with Gasteiger partial charge in [-0.25, -0.2) is 0 Å². The first-order valence-electron chi connectivity index (χ1n) is 8.39. The van der Waals surface area contributed by atoms with E-state index in [9.17, 15) is 5.11 Å². The monoisotopic (exact) mass is 329 g/mol. The molecule has 2 aromatic carbocycles. The fourth-order valence-corrected chi connectivity index (χ4v) is 3.03. The lowest BCUT2D eigenvalue weighted by atomic mass is 10.2. The van der Waals surface area contributed by atoms with Crippen LogP contribution in [0.15, 0.2) is 48.5 Å². The average Bonchev–Trinajstić information content (AvgIpc) is 2.63. The Hall–Kier alpha value is -2.40. The Morgan fingerprint density at radius 1 is 1.00 bits per heavy atom. The predicted molar refractivity (Wildman–Crippen MR) is 94.4 cm³/mol. The minimum atomic E-state index is 0.365. The molecule has 2 aromatic rings. The van der Waals surface area contributed by atoms with Crippen LogP contribution in [-0.4, -0.2) is 51.5 Å². The van der Waals surface area contributed by atoms with Gasteiger partial charge in [-0.05, 0) is 36.4 Å². The van der Waals surface area contributed by atoms with Gasteiger partial charge in [0.1, 0.15) is 30.4 Å². The zero-order chi connectivity index (χ0) is 16.8. The second kappa shape index (κ2) is 7.93. The highest BCUT2D eigenvalue weighted by atomic mass is 16.5. The number of methoxy groups -OCH3 is 1. The third kappa shape index (κ3) is 4.11. The summed E-state index contributed by atoms with van der Waals surface area (Å²) < 4.78 is 11.0. The van der Waals surface area contributed by atoms with Crippen LogP contribution in [0, 0.1) is 0 Å². The quantitative estimate of drug-likeness (QED) is 0.836. The molecule has 1 heterocycles. The van der Waals surface area contributed by atoms with Crippen molar-refractivity contribution in [3.05, 3.63) is 48.5 Å². The van der Waals surface area contributed by atoms with E-state index in [0.29, 0.717) is 12.4 Å². The SMILES string of the molecule is COc1ccc(OCC[NH+]2CCN(c3ccccc3O)CC2)cc1. The molecular weight excluding hydrogens is 304 g/mol. The number of nitrogens with one attached hydrogen (secondary N) is 1. The van der Waals surface area contributed by atoms with E-state index < -0.39 is 0 Å². The van der Waals surface area contributed by atoms with Crippen molar-refractivity contribution >= 4 is 5.69 Å². The molecule has 0 spiro atoms. The van der Waals surface area contributed by atoms with E-state index >= 15 is 0 Å². The largest absolute Gasteiger partial charge is 0.506 e. The number of anilines is 1. The Bertz CT molecular complexity index is 637. The number of hydrogen-bond acceptors (Lipinski definition) is 4. The van der Waals surface area contributed by atoms with Gasteiger partial charge in [0.15, 0.2) is 0 Å². The van der Waals surface area contributed by atoms with Gasteiger partial charge in [-0.2, -0.15) is 0 Å². The maximum Gasteiger partial charge on any atom is 0.138 e. The van der Waals surface area contributed by atoms with Crippen molar-refractivity contribution in [1.82, 2.24) is 0 Å². The zero-order valence-corrected chi connectivity index (χ0v) is 14.1. The number of hydrogen-bond donors (Lipinski definition) is 2. The summed E-state index contributed by atoms with van der Waals surface area (Å²) in [6.07, 6.45) is 0. The summed E-state index contributed by atoms with van der Waals surface area (Å²) in [4.78, 5) is 3.79. The molecule has 24 heavy (non-hydrogen) atoms. The fraction of sp³-hybridized carbons (Fsp3) is 0.368. The number of phenols is 1. The van der Waals surface area contributed by atoms with E-state index in [2.05, 4.69) is 4.90 Å². The Kier molecular flexibility index (Phi) is 5.43. The van der Waals surface area contributed by atoms with Crippen molar-refractivity contribution in [2.75, 3.05) is 51.3 Å². The normalized spacial score (nSPS) is 15.3. The second-order valence-corrected chi connectivity index (χ2v) is 6.00. The number of para-hydroxylation sites is 2. The number of ether oxygens (including phenoxy) is 2. The van der Waals surface area contributed by atoms with Gasteiger partial charge in [0.2, 0.25) is 0 Å². The van der Waals surface area contributed by atoms with Gasteiger partial charge in [-0.1, -0.05) is 12.1 Å². The smallest absolute Gasteiger partial charge is 0.138 e. The number of phenolic OH excluding ortho intramolecular Hbond substituents is 1. The average molecular weight is 329 g/mol. The third-order valence-electron chi connectivity index (χ3n) is 4.48. The number of aromatic hydroxyl groups is 1. The summed E-state index contributed by atoms with van der Waals surface area (Å²) in [7, 11) is 1.66. The number of rotatable bonds is 6. The lowest BCUT2D eigenvalue weighted by Crippen LogP contribution is -3.15. The van der Waals surface area contributed by atoms with E-state index in [1.54, 1.807) is 13.2 Å². The maximum absolute atomic E-state index is 9.96. The summed E-state index contributed by atoms with van der Waals surface area (Å²) >= 11 is 0. The predicted octanol–water partition coefficient (Wildman–Crippen LogP) is 1.18. The lowest BCUT2D eigenvalue weighted by molar-refractivity contribution is -0.900. The Morgan fingerprint density at radius 2 is 1.67 bits per heavy atom. The van der Waals surface area contributed by atoms with Gasteiger partial charge in [0.05, 0.1) is 39.0 Å². The van der Waals surface area contributed by atoms with Crippen molar-refractivity contribution in [3.8, 4) is 17.2 Å². The molecule has 1 aliphatic heterocycles. The van der Waals surface area contributed by atoms with Crippen molar-refractivity contribution in [1.29, 1.82) is 0 Å². The highest BCUT2D eigenvalue weighted by molar-refractivity contribution is 5.57. The number of piperazine rings is 1. The van der Waals surface area contributed by atoms with Crippen LogP contribution in [0.4, 0.5) is 5.69 Å². The van der Waals surface area contributed by atoms with Gasteiger partial charge in [0, 0.05) is 0 Å². The first kappa shape index (κ1) is 16.5. The molecule has 3 rings (SSSR count). The molecule has 0 radical (unpaired) electrons. The zero-order valence-electron chi connectivity index (χ0n) is 14.1. The number of quaternary nitrogens is 1. The fourth-order valence-electron chi connectivity index (χ4n) is 3.03. The molecule has 0 atom stereocenters. The van der Waals surface area contributed by atoms with E-state index in [1.165, 1.54) is 4.90 Å². The highest BCUT2D eigenvalue weighted by Gasteiger charge is 2.21. The minimum Gasteiger partial charge on any atom is -0.506 e. The summed E-state index contributed by atoms with van der Waals surface area (Å²) in [5, 5.41) is 9.96. The van der Waals surface area contributed by atoms with Crippen molar-refractivity contribution in [2.45, 2.75) is 0 Å². The molecule has 0 saturated carbocycles. The summed E-state index contributed by atoms with van der Waals surface area (Å²) in [5.74, 6) is 2.08. The Balaban J connectivity index is 1.41. The van der Waals surface area contributed by atoms with Crippen LogP contribution in [0.5, 0.6) is 17.2 Å². The van der Waals surface area contributed by atoms with E-state index in [-0.39, 0.29) is 0 Å². The van der Waals surface area contributed by atoms with Gasteiger partial charge < -0.3 is 24.4 Å². The Morgan fingerprint density at radius 3 is 2.33 bits per heavy atom. The molecule has 128 valence electrons. The molecule has 0 bridgehead atoms. The summed E-state index contributed by atoms with van der Waals surface area (Å²) in [6, 6.07) is 15.2. The van der Waals surface area contributed by atoms with E-state index in [4.69, 9.17) is 9.47 Å². The van der Waals surface area contributed by atoms with Crippen molar-refractivity contribution in [3.63, 3.8) is 0 Å². The molecule has 0 unspecified atom stereocenters. The summed E-state index contributed by atoms with van der Waals surface area (Å²) in [6.45, 7) is 5.71. The molecule has 1 aliphatic rings. The summed E-state index contributed by atoms with van der Waals surface area (Å²) in [5.41, 5.74) is 0.936. The number of benzene rings is 2.